The summed E-state index contributed by atoms with van der Waals surface area (Å²) in [6.45, 7) is 0. The lowest BCUT2D eigenvalue weighted by molar-refractivity contribution is -0.143. The van der Waals surface area contributed by atoms with Gasteiger partial charge in [-0.1, -0.05) is 0 Å². The Morgan fingerprint density at radius 2 is 1.54 bits per heavy atom. The molecule has 4 aliphatic rings. The van der Waals surface area contributed by atoms with E-state index in [0.717, 1.165) is 35.6 Å². The second kappa shape index (κ2) is 4.91. The summed E-state index contributed by atoms with van der Waals surface area (Å²) in [7, 11) is 0. The number of hydrogen-bond acceptors (Lipinski definition) is 3. The van der Waals surface area contributed by atoms with Crippen LogP contribution in [0.4, 0.5) is 18.9 Å². The van der Waals surface area contributed by atoms with Crippen LogP contribution < -0.4 is 4.90 Å². The molecule has 1 saturated heterocycles. The molecule has 4 nitrogen and oxygen atoms in total. The zero-order valence-corrected chi connectivity index (χ0v) is 12.5. The van der Waals surface area contributed by atoms with Crippen molar-refractivity contribution in [3.63, 3.8) is 0 Å². The number of ketones is 1. The Bertz CT molecular complexity index is 740. The number of alkyl halides is 3. The number of hydrogen-bond donors (Lipinski definition) is 0. The van der Waals surface area contributed by atoms with E-state index in [-0.39, 0.29) is 23.3 Å². The predicted octanol–water partition coefficient (Wildman–Crippen LogP) is 2.81. The van der Waals surface area contributed by atoms with Gasteiger partial charge >= 0.3 is 6.18 Å². The molecule has 0 aromatic heterocycles. The minimum atomic E-state index is -4.48. The normalized spacial score (nSPS) is 32.5. The van der Waals surface area contributed by atoms with Gasteiger partial charge in [-0.25, -0.2) is 0 Å². The van der Waals surface area contributed by atoms with Crippen molar-refractivity contribution < 1.29 is 27.6 Å². The Morgan fingerprint density at radius 3 is 2.12 bits per heavy atom. The van der Waals surface area contributed by atoms with E-state index in [4.69, 9.17) is 0 Å². The van der Waals surface area contributed by atoms with Gasteiger partial charge in [0, 0.05) is 12.3 Å². The van der Waals surface area contributed by atoms with E-state index in [1.807, 2.05) is 0 Å². The first-order chi connectivity index (χ1) is 11.3. The van der Waals surface area contributed by atoms with Gasteiger partial charge in [0.05, 0.1) is 23.1 Å². The van der Waals surface area contributed by atoms with Gasteiger partial charge in [-0.15, -0.1) is 0 Å². The fourth-order valence-corrected chi connectivity index (χ4v) is 4.44. The fourth-order valence-electron chi connectivity index (χ4n) is 4.44. The third kappa shape index (κ3) is 2.03. The predicted molar refractivity (Wildman–Crippen MR) is 76.8 cm³/mol. The van der Waals surface area contributed by atoms with Gasteiger partial charge < -0.3 is 0 Å². The highest BCUT2D eigenvalue weighted by Gasteiger charge is 2.60. The third-order valence-corrected chi connectivity index (χ3v) is 5.52. The molecule has 1 heterocycles. The molecule has 1 aromatic carbocycles. The van der Waals surface area contributed by atoms with Crippen LogP contribution in [0.3, 0.4) is 0 Å². The SMILES string of the molecule is O=C1CC2CCC1C1C(=O)N(c3ccc(C(F)(F)F)cc3)C(=O)C21. The molecule has 7 heteroatoms. The standard InChI is InChI=1S/C17H14F3NO3/c18-17(19,20)9-2-4-10(5-3-9)21-15(23)13-8-1-6-11(12(22)7-8)14(13)16(21)24/h2-5,8,11,13-14H,1,6-7H2. The van der Waals surface area contributed by atoms with E-state index < -0.39 is 35.4 Å². The molecule has 4 unspecified atom stereocenters. The highest BCUT2D eigenvalue weighted by Crippen LogP contribution is 2.52. The van der Waals surface area contributed by atoms with Crippen LogP contribution in [-0.2, 0) is 20.6 Å². The van der Waals surface area contributed by atoms with Gasteiger partial charge in [0.1, 0.15) is 5.78 Å². The van der Waals surface area contributed by atoms with Crippen LogP contribution in [0.2, 0.25) is 0 Å². The van der Waals surface area contributed by atoms with Gasteiger partial charge in [0.15, 0.2) is 0 Å². The molecule has 3 aliphatic carbocycles. The lowest BCUT2D eigenvalue weighted by Gasteiger charge is -2.41. The van der Waals surface area contributed by atoms with E-state index in [2.05, 4.69) is 0 Å². The maximum absolute atomic E-state index is 12.7. The average Bonchev–Trinajstić information content (AvgIpc) is 2.80. The lowest BCUT2D eigenvalue weighted by atomic mass is 9.59. The number of amides is 2. The Hall–Kier alpha value is -2.18. The molecule has 5 rings (SSSR count). The molecule has 4 fully saturated rings. The van der Waals surface area contributed by atoms with Gasteiger partial charge in [-0.3, -0.25) is 19.3 Å². The number of fused-ring (bicyclic) bond motifs is 2. The number of imide groups is 1. The second-order valence-electron chi connectivity index (χ2n) is 6.72. The Labute approximate surface area is 135 Å². The molecule has 0 radical (unpaired) electrons. The molecule has 24 heavy (non-hydrogen) atoms. The zero-order chi connectivity index (χ0) is 17.2. The monoisotopic (exact) mass is 337 g/mol. The van der Waals surface area contributed by atoms with Crippen molar-refractivity contribution in [2.45, 2.75) is 25.4 Å². The molecule has 4 atom stereocenters. The lowest BCUT2D eigenvalue weighted by Crippen LogP contribution is -2.46. The summed E-state index contributed by atoms with van der Waals surface area (Å²) in [6.07, 6.45) is -2.79. The van der Waals surface area contributed by atoms with Gasteiger partial charge in [-0.2, -0.15) is 13.2 Å². The molecular weight excluding hydrogens is 323 g/mol. The molecule has 2 amide bonds. The molecular formula is C17H14F3NO3. The number of rotatable bonds is 1. The summed E-state index contributed by atoms with van der Waals surface area (Å²) in [5.41, 5.74) is -0.697. The van der Waals surface area contributed by atoms with Crippen molar-refractivity contribution in [2.75, 3.05) is 4.90 Å². The maximum Gasteiger partial charge on any atom is 0.416 e. The molecule has 1 aromatic rings. The quantitative estimate of drug-likeness (QED) is 0.741. The van der Waals surface area contributed by atoms with E-state index in [0.29, 0.717) is 12.8 Å². The Morgan fingerprint density at radius 1 is 0.917 bits per heavy atom. The first-order valence-corrected chi connectivity index (χ1v) is 7.87. The number of nitrogens with zero attached hydrogens (tertiary/aromatic N) is 1. The van der Waals surface area contributed by atoms with Crippen LogP contribution in [0.15, 0.2) is 24.3 Å². The smallest absolute Gasteiger partial charge is 0.299 e. The third-order valence-electron chi connectivity index (χ3n) is 5.52. The summed E-state index contributed by atoms with van der Waals surface area (Å²) in [6, 6.07) is 3.99. The number of anilines is 1. The topological polar surface area (TPSA) is 54.5 Å². The number of Topliss-reactive ketones (excluding diaryl/α,β-unsaturated/α-hetero) is 1. The summed E-state index contributed by atoms with van der Waals surface area (Å²) < 4.78 is 38.0. The van der Waals surface area contributed by atoms with E-state index >= 15 is 0 Å². The van der Waals surface area contributed by atoms with Crippen molar-refractivity contribution in [1.29, 1.82) is 0 Å². The maximum atomic E-state index is 12.7. The molecule has 126 valence electrons. The van der Waals surface area contributed by atoms with Crippen molar-refractivity contribution in [3.05, 3.63) is 29.8 Å². The van der Waals surface area contributed by atoms with Crippen molar-refractivity contribution in [3.8, 4) is 0 Å². The van der Waals surface area contributed by atoms with Gasteiger partial charge in [-0.05, 0) is 43.0 Å². The Kier molecular flexibility index (Phi) is 3.14. The van der Waals surface area contributed by atoms with Crippen LogP contribution >= 0.6 is 0 Å². The van der Waals surface area contributed by atoms with Gasteiger partial charge in [0.2, 0.25) is 11.8 Å². The molecule has 2 bridgehead atoms. The van der Waals surface area contributed by atoms with Gasteiger partial charge in [0.25, 0.3) is 0 Å². The van der Waals surface area contributed by atoms with Crippen LogP contribution in [0.1, 0.15) is 24.8 Å². The van der Waals surface area contributed by atoms with Crippen molar-refractivity contribution in [2.24, 2.45) is 23.7 Å². The zero-order valence-electron chi connectivity index (χ0n) is 12.5. The van der Waals surface area contributed by atoms with Crippen LogP contribution in [0.5, 0.6) is 0 Å². The summed E-state index contributed by atoms with van der Waals surface area (Å²) in [4.78, 5) is 38.4. The molecule has 1 aliphatic heterocycles. The van der Waals surface area contributed by atoms with E-state index in [1.165, 1.54) is 0 Å². The highest BCUT2D eigenvalue weighted by atomic mass is 19.4. The molecule has 3 saturated carbocycles. The average molecular weight is 337 g/mol. The van der Waals surface area contributed by atoms with E-state index in [1.54, 1.807) is 0 Å². The number of benzene rings is 1. The first-order valence-electron chi connectivity index (χ1n) is 7.87. The largest absolute Gasteiger partial charge is 0.416 e. The minimum Gasteiger partial charge on any atom is -0.299 e. The first kappa shape index (κ1) is 15.4. The molecule has 0 spiro atoms. The summed E-state index contributed by atoms with van der Waals surface area (Å²) >= 11 is 0. The highest BCUT2D eigenvalue weighted by molar-refractivity contribution is 6.23. The van der Waals surface area contributed by atoms with Crippen LogP contribution in [0.25, 0.3) is 0 Å². The van der Waals surface area contributed by atoms with Crippen LogP contribution in [0, 0.1) is 23.7 Å². The van der Waals surface area contributed by atoms with Crippen molar-refractivity contribution >= 4 is 23.3 Å². The van der Waals surface area contributed by atoms with E-state index in [9.17, 15) is 27.6 Å². The number of carbonyl (C=O) groups excluding carboxylic acids is 3. The number of halogens is 3. The summed E-state index contributed by atoms with van der Waals surface area (Å²) in [5, 5.41) is 0. The Balaban J connectivity index is 1.69. The molecule has 0 N–H and O–H groups in total. The van der Waals surface area contributed by atoms with Crippen molar-refractivity contribution in [1.82, 2.24) is 0 Å². The fraction of sp³-hybridized carbons (Fsp3) is 0.471. The summed E-state index contributed by atoms with van der Waals surface area (Å²) in [5.74, 6) is -2.49. The second-order valence-corrected chi connectivity index (χ2v) is 6.72. The number of carbonyl (C=O) groups is 3. The minimum absolute atomic E-state index is 0.0305. The van der Waals surface area contributed by atoms with Crippen LogP contribution in [-0.4, -0.2) is 17.6 Å².